The highest BCUT2D eigenvalue weighted by molar-refractivity contribution is 7.81. The molecule has 0 rings (SSSR count). The van der Waals surface area contributed by atoms with Crippen molar-refractivity contribution in [1.82, 2.24) is 0 Å². The summed E-state index contributed by atoms with van der Waals surface area (Å²) in [5.74, 6) is 1.25. The van der Waals surface area contributed by atoms with Crippen LogP contribution < -0.4 is 0 Å². The summed E-state index contributed by atoms with van der Waals surface area (Å²) in [6, 6.07) is 0. The molecule has 0 spiro atoms. The van der Waals surface area contributed by atoms with Crippen molar-refractivity contribution in [3.63, 3.8) is 0 Å². The van der Waals surface area contributed by atoms with Crippen LogP contribution in [0.25, 0.3) is 0 Å². The Morgan fingerprint density at radius 1 is 1.23 bits per heavy atom. The highest BCUT2D eigenvalue weighted by atomic mass is 32.1. The quantitative estimate of drug-likeness (QED) is 0.475. The van der Waals surface area contributed by atoms with Crippen molar-refractivity contribution in [3.05, 3.63) is 0 Å². The van der Waals surface area contributed by atoms with E-state index in [2.05, 4.69) is 25.3 Å². The Balaban J connectivity index is 3.16. The van der Waals surface area contributed by atoms with Gasteiger partial charge >= 0.3 is 0 Å². The number of carbonyl (C=O) groups is 1. The molecule has 0 amide bonds. The van der Waals surface area contributed by atoms with Gasteiger partial charge in [0.25, 0.3) is 0 Å². The van der Waals surface area contributed by atoms with Crippen LogP contribution in [-0.4, -0.2) is 16.8 Å². The van der Waals surface area contributed by atoms with Gasteiger partial charge in [-0.05, 0) is 38.4 Å². The maximum absolute atomic E-state index is 10.6. The highest BCUT2D eigenvalue weighted by Gasteiger charge is 2.02. The summed E-state index contributed by atoms with van der Waals surface area (Å²) in [4.78, 5) is 10.6. The van der Waals surface area contributed by atoms with Crippen molar-refractivity contribution in [3.8, 4) is 0 Å². The van der Waals surface area contributed by atoms with Crippen LogP contribution in [0.2, 0.25) is 0 Å². The van der Waals surface area contributed by atoms with Crippen molar-refractivity contribution >= 4 is 31.0 Å². The molecule has 0 aliphatic rings. The van der Waals surface area contributed by atoms with Gasteiger partial charge in [-0.25, -0.2) is 0 Å². The average molecular weight is 220 g/mol. The molecule has 0 aromatic heterocycles. The van der Waals surface area contributed by atoms with Gasteiger partial charge in [0, 0.05) is 11.7 Å². The number of thiol groups is 2. The zero-order chi connectivity index (χ0) is 10.1. The van der Waals surface area contributed by atoms with Gasteiger partial charge in [0.2, 0.25) is 0 Å². The van der Waals surface area contributed by atoms with Crippen molar-refractivity contribution in [2.45, 2.75) is 50.7 Å². The molecule has 1 atom stereocenters. The zero-order valence-corrected chi connectivity index (χ0v) is 10.1. The van der Waals surface area contributed by atoms with Crippen LogP contribution in [0.1, 0.15) is 45.4 Å². The summed E-state index contributed by atoms with van der Waals surface area (Å²) in [5.41, 5.74) is 0. The number of hydrogen-bond acceptors (Lipinski definition) is 3. The number of Topliss-reactive ketones (excluding diaryl/α,β-unsaturated/α-hetero) is 1. The lowest BCUT2D eigenvalue weighted by atomic mass is 10.1. The first kappa shape index (κ1) is 13.4. The lowest BCUT2D eigenvalue weighted by molar-refractivity contribution is -0.117. The molecule has 0 radical (unpaired) electrons. The number of hydrogen-bond donors (Lipinski definition) is 2. The molecule has 1 unspecified atom stereocenters. The van der Waals surface area contributed by atoms with Crippen molar-refractivity contribution in [2.75, 3.05) is 5.75 Å². The standard InChI is InChI=1S/C10H20OS2/c1-9(11)5-2-3-6-10(13)7-4-8-12/h10,12-13H,2-8H2,1H3. The summed E-state index contributed by atoms with van der Waals surface area (Å²) < 4.78 is 0. The lowest BCUT2D eigenvalue weighted by Crippen LogP contribution is -1.99. The van der Waals surface area contributed by atoms with Crippen LogP contribution in [0, 0.1) is 0 Å². The third-order valence-corrected chi connectivity index (χ3v) is 2.84. The first-order chi connectivity index (χ1) is 6.16. The zero-order valence-electron chi connectivity index (χ0n) is 8.33. The van der Waals surface area contributed by atoms with E-state index in [1.54, 1.807) is 6.92 Å². The Morgan fingerprint density at radius 2 is 1.85 bits per heavy atom. The van der Waals surface area contributed by atoms with Crippen molar-refractivity contribution in [1.29, 1.82) is 0 Å². The van der Waals surface area contributed by atoms with Crippen LogP contribution in [0.5, 0.6) is 0 Å². The number of unbranched alkanes of at least 4 members (excludes halogenated alkanes) is 1. The van der Waals surface area contributed by atoms with E-state index in [0.717, 1.165) is 44.3 Å². The maximum Gasteiger partial charge on any atom is 0.129 e. The second kappa shape index (κ2) is 8.95. The number of ketones is 1. The Morgan fingerprint density at radius 3 is 2.38 bits per heavy atom. The third-order valence-electron chi connectivity index (χ3n) is 2.01. The van der Waals surface area contributed by atoms with Gasteiger partial charge in [0.05, 0.1) is 0 Å². The van der Waals surface area contributed by atoms with Gasteiger partial charge in [-0.2, -0.15) is 25.3 Å². The summed E-state index contributed by atoms with van der Waals surface area (Å²) >= 11 is 8.62. The molecule has 0 aromatic rings. The fourth-order valence-electron chi connectivity index (χ4n) is 1.23. The Bertz CT molecular complexity index is 137. The Labute approximate surface area is 92.5 Å². The molecule has 0 bridgehead atoms. The van der Waals surface area contributed by atoms with E-state index < -0.39 is 0 Å². The second-order valence-corrected chi connectivity index (χ2v) is 4.64. The highest BCUT2D eigenvalue weighted by Crippen LogP contribution is 2.14. The number of carbonyl (C=O) groups excluding carboxylic acids is 1. The van der Waals surface area contributed by atoms with Crippen LogP contribution >= 0.6 is 25.3 Å². The van der Waals surface area contributed by atoms with Crippen LogP contribution in [-0.2, 0) is 4.79 Å². The molecule has 0 saturated heterocycles. The Hall–Kier alpha value is 0.370. The van der Waals surface area contributed by atoms with E-state index in [0.29, 0.717) is 11.0 Å². The smallest absolute Gasteiger partial charge is 0.129 e. The molecular formula is C10H20OS2. The van der Waals surface area contributed by atoms with E-state index in [9.17, 15) is 4.79 Å². The minimum atomic E-state index is 0.297. The topological polar surface area (TPSA) is 17.1 Å². The van der Waals surface area contributed by atoms with Crippen LogP contribution in [0.3, 0.4) is 0 Å². The van der Waals surface area contributed by atoms with Gasteiger partial charge in [0.15, 0.2) is 0 Å². The summed E-state index contributed by atoms with van der Waals surface area (Å²) in [5, 5.41) is 0.499. The molecule has 13 heavy (non-hydrogen) atoms. The largest absolute Gasteiger partial charge is 0.300 e. The van der Waals surface area contributed by atoms with E-state index in [1.165, 1.54) is 0 Å². The summed E-state index contributed by atoms with van der Waals surface area (Å²) in [6.07, 6.45) is 6.29. The molecule has 0 N–H and O–H groups in total. The van der Waals surface area contributed by atoms with E-state index in [4.69, 9.17) is 0 Å². The van der Waals surface area contributed by atoms with Crippen molar-refractivity contribution in [2.24, 2.45) is 0 Å². The summed E-state index contributed by atoms with van der Waals surface area (Å²) in [6.45, 7) is 1.65. The molecule has 0 aliphatic carbocycles. The first-order valence-corrected chi connectivity index (χ1v) is 6.10. The molecular weight excluding hydrogens is 200 g/mol. The van der Waals surface area contributed by atoms with E-state index in [1.807, 2.05) is 0 Å². The monoisotopic (exact) mass is 220 g/mol. The SMILES string of the molecule is CC(=O)CCCCC(S)CCCS. The van der Waals surface area contributed by atoms with Gasteiger partial charge in [-0.15, -0.1) is 0 Å². The summed E-state index contributed by atoms with van der Waals surface area (Å²) in [7, 11) is 0. The van der Waals surface area contributed by atoms with Gasteiger partial charge in [-0.1, -0.05) is 6.42 Å². The Kier molecular flexibility index (Phi) is 9.20. The second-order valence-electron chi connectivity index (χ2n) is 3.47. The maximum atomic E-state index is 10.6. The predicted octanol–water partition coefficient (Wildman–Crippen LogP) is 3.14. The van der Waals surface area contributed by atoms with Crippen LogP contribution in [0.15, 0.2) is 0 Å². The molecule has 0 fully saturated rings. The van der Waals surface area contributed by atoms with Gasteiger partial charge in [0.1, 0.15) is 5.78 Å². The normalized spacial score (nSPS) is 12.8. The molecule has 78 valence electrons. The third kappa shape index (κ3) is 10.3. The van der Waals surface area contributed by atoms with Gasteiger partial charge in [-0.3, -0.25) is 0 Å². The number of rotatable bonds is 8. The van der Waals surface area contributed by atoms with Gasteiger partial charge < -0.3 is 4.79 Å². The molecule has 0 saturated carbocycles. The minimum absolute atomic E-state index is 0.297. The fraction of sp³-hybridized carbons (Fsp3) is 0.900. The lowest BCUT2D eigenvalue weighted by Gasteiger charge is -2.08. The molecule has 0 aliphatic heterocycles. The first-order valence-electron chi connectivity index (χ1n) is 4.95. The van der Waals surface area contributed by atoms with E-state index >= 15 is 0 Å². The molecule has 0 aromatic carbocycles. The molecule has 3 heteroatoms. The molecule has 0 heterocycles. The van der Waals surface area contributed by atoms with E-state index in [-0.39, 0.29) is 0 Å². The van der Waals surface area contributed by atoms with Crippen LogP contribution in [0.4, 0.5) is 0 Å². The predicted molar refractivity (Wildman–Crippen MR) is 65.0 cm³/mol. The van der Waals surface area contributed by atoms with Crippen molar-refractivity contribution < 1.29 is 4.79 Å². The fourth-order valence-corrected chi connectivity index (χ4v) is 1.77. The molecule has 1 nitrogen and oxygen atoms in total. The average Bonchev–Trinajstić information content (AvgIpc) is 2.08. The minimum Gasteiger partial charge on any atom is -0.300 e.